The summed E-state index contributed by atoms with van der Waals surface area (Å²) in [5.74, 6) is 0.705. The summed E-state index contributed by atoms with van der Waals surface area (Å²) >= 11 is 0. The van der Waals surface area contributed by atoms with Crippen molar-refractivity contribution in [2.75, 3.05) is 25.0 Å². The van der Waals surface area contributed by atoms with Crippen LogP contribution in [0.3, 0.4) is 0 Å². The SMILES string of the molecule is Cc1cc(C)c2c(c1)C(N1CCCC1)C(C)CN2. The fourth-order valence-corrected chi connectivity index (χ4v) is 3.73. The van der Waals surface area contributed by atoms with E-state index in [4.69, 9.17) is 0 Å². The summed E-state index contributed by atoms with van der Waals surface area (Å²) in [7, 11) is 0. The van der Waals surface area contributed by atoms with E-state index in [1.807, 2.05) is 0 Å². The highest BCUT2D eigenvalue weighted by atomic mass is 15.2. The molecule has 0 spiro atoms. The molecule has 1 aromatic rings. The van der Waals surface area contributed by atoms with Crippen LogP contribution in [-0.2, 0) is 0 Å². The van der Waals surface area contributed by atoms with Gasteiger partial charge in [-0.2, -0.15) is 0 Å². The molecule has 98 valence electrons. The van der Waals surface area contributed by atoms with Crippen LogP contribution in [-0.4, -0.2) is 24.5 Å². The summed E-state index contributed by atoms with van der Waals surface area (Å²) in [4.78, 5) is 2.70. The van der Waals surface area contributed by atoms with E-state index < -0.39 is 0 Å². The standard InChI is InChI=1S/C16H24N2/c1-11-8-12(2)15-14(9-11)16(13(3)10-17-15)18-6-4-5-7-18/h8-9,13,16-17H,4-7,10H2,1-3H3. The average Bonchev–Trinajstić information content (AvgIpc) is 2.81. The number of nitrogens with one attached hydrogen (secondary N) is 1. The van der Waals surface area contributed by atoms with Crippen LogP contribution in [0.25, 0.3) is 0 Å². The van der Waals surface area contributed by atoms with Gasteiger partial charge in [0.1, 0.15) is 0 Å². The minimum absolute atomic E-state index is 0.627. The fourth-order valence-electron chi connectivity index (χ4n) is 3.73. The maximum Gasteiger partial charge on any atom is 0.0418 e. The first-order chi connectivity index (χ1) is 8.66. The summed E-state index contributed by atoms with van der Waals surface area (Å²) in [6.07, 6.45) is 2.74. The van der Waals surface area contributed by atoms with Gasteiger partial charge < -0.3 is 5.32 Å². The van der Waals surface area contributed by atoms with E-state index >= 15 is 0 Å². The van der Waals surface area contributed by atoms with Crippen LogP contribution in [0.4, 0.5) is 5.69 Å². The molecule has 2 heteroatoms. The number of fused-ring (bicyclic) bond motifs is 1. The number of anilines is 1. The molecule has 0 aromatic heterocycles. The van der Waals surface area contributed by atoms with E-state index in [0.29, 0.717) is 12.0 Å². The maximum atomic E-state index is 3.63. The predicted molar refractivity (Wildman–Crippen MR) is 77.1 cm³/mol. The molecular formula is C16H24N2. The van der Waals surface area contributed by atoms with Gasteiger partial charge in [-0.15, -0.1) is 0 Å². The normalized spacial score (nSPS) is 27.9. The van der Waals surface area contributed by atoms with Gasteiger partial charge in [0.05, 0.1) is 0 Å². The lowest BCUT2D eigenvalue weighted by Gasteiger charge is -2.39. The van der Waals surface area contributed by atoms with E-state index in [0.717, 1.165) is 6.54 Å². The van der Waals surface area contributed by atoms with Gasteiger partial charge >= 0.3 is 0 Å². The Morgan fingerprint density at radius 3 is 2.61 bits per heavy atom. The molecule has 0 bridgehead atoms. The lowest BCUT2D eigenvalue weighted by atomic mass is 9.86. The largest absolute Gasteiger partial charge is 0.384 e. The van der Waals surface area contributed by atoms with Crippen molar-refractivity contribution in [3.05, 3.63) is 28.8 Å². The van der Waals surface area contributed by atoms with Crippen LogP contribution in [0, 0.1) is 19.8 Å². The summed E-state index contributed by atoms with van der Waals surface area (Å²) in [5, 5.41) is 3.63. The Morgan fingerprint density at radius 1 is 1.17 bits per heavy atom. The molecular weight excluding hydrogens is 220 g/mol. The fraction of sp³-hybridized carbons (Fsp3) is 0.625. The van der Waals surface area contributed by atoms with Gasteiger partial charge in [0.15, 0.2) is 0 Å². The molecule has 1 N–H and O–H groups in total. The molecule has 1 aromatic carbocycles. The minimum atomic E-state index is 0.627. The van der Waals surface area contributed by atoms with E-state index in [-0.39, 0.29) is 0 Å². The van der Waals surface area contributed by atoms with Crippen molar-refractivity contribution in [1.29, 1.82) is 0 Å². The highest BCUT2D eigenvalue weighted by Crippen LogP contribution is 2.41. The maximum absolute atomic E-state index is 3.63. The van der Waals surface area contributed by atoms with E-state index in [2.05, 4.69) is 43.1 Å². The van der Waals surface area contributed by atoms with Crippen molar-refractivity contribution in [3.63, 3.8) is 0 Å². The van der Waals surface area contributed by atoms with Crippen molar-refractivity contribution in [3.8, 4) is 0 Å². The van der Waals surface area contributed by atoms with Crippen molar-refractivity contribution in [2.24, 2.45) is 5.92 Å². The van der Waals surface area contributed by atoms with Crippen LogP contribution in [0.15, 0.2) is 12.1 Å². The molecule has 2 atom stereocenters. The monoisotopic (exact) mass is 244 g/mol. The Hall–Kier alpha value is -1.02. The van der Waals surface area contributed by atoms with E-state index in [9.17, 15) is 0 Å². The Labute approximate surface area is 110 Å². The van der Waals surface area contributed by atoms with Crippen LogP contribution in [0.1, 0.15) is 42.5 Å². The van der Waals surface area contributed by atoms with Crippen LogP contribution in [0.2, 0.25) is 0 Å². The molecule has 2 aliphatic rings. The van der Waals surface area contributed by atoms with Crippen LogP contribution in [0.5, 0.6) is 0 Å². The summed E-state index contributed by atoms with van der Waals surface area (Å²) in [6, 6.07) is 5.32. The molecule has 3 rings (SSSR count). The van der Waals surface area contributed by atoms with Crippen molar-refractivity contribution >= 4 is 5.69 Å². The Morgan fingerprint density at radius 2 is 1.89 bits per heavy atom. The van der Waals surface area contributed by atoms with Gasteiger partial charge in [-0.3, -0.25) is 4.90 Å². The number of likely N-dealkylation sites (tertiary alicyclic amines) is 1. The third-order valence-electron chi connectivity index (χ3n) is 4.50. The zero-order valence-electron chi connectivity index (χ0n) is 11.8. The summed E-state index contributed by atoms with van der Waals surface area (Å²) in [6.45, 7) is 10.5. The zero-order chi connectivity index (χ0) is 12.7. The summed E-state index contributed by atoms with van der Waals surface area (Å²) in [5.41, 5.74) is 5.73. The Bertz CT molecular complexity index is 447. The molecule has 0 amide bonds. The molecule has 18 heavy (non-hydrogen) atoms. The molecule has 0 radical (unpaired) electrons. The third kappa shape index (κ3) is 1.93. The molecule has 2 nitrogen and oxygen atoms in total. The van der Waals surface area contributed by atoms with Gasteiger partial charge in [-0.05, 0) is 56.8 Å². The number of nitrogens with zero attached hydrogens (tertiary/aromatic N) is 1. The van der Waals surface area contributed by atoms with Gasteiger partial charge in [0.2, 0.25) is 0 Å². The Balaban J connectivity index is 2.04. The highest BCUT2D eigenvalue weighted by molar-refractivity contribution is 5.61. The van der Waals surface area contributed by atoms with Crippen LogP contribution >= 0.6 is 0 Å². The van der Waals surface area contributed by atoms with Crippen molar-refractivity contribution < 1.29 is 0 Å². The van der Waals surface area contributed by atoms with Crippen molar-refractivity contribution in [1.82, 2.24) is 4.90 Å². The average molecular weight is 244 g/mol. The number of aryl methyl sites for hydroxylation is 2. The van der Waals surface area contributed by atoms with Crippen molar-refractivity contribution in [2.45, 2.75) is 39.7 Å². The topological polar surface area (TPSA) is 15.3 Å². The van der Waals surface area contributed by atoms with Gasteiger partial charge in [-0.1, -0.05) is 24.6 Å². The molecule has 2 aliphatic heterocycles. The first-order valence-corrected chi connectivity index (χ1v) is 7.26. The third-order valence-corrected chi connectivity index (χ3v) is 4.50. The molecule has 0 saturated carbocycles. The highest BCUT2D eigenvalue weighted by Gasteiger charge is 2.33. The quantitative estimate of drug-likeness (QED) is 0.813. The first kappa shape index (κ1) is 12.0. The van der Waals surface area contributed by atoms with Crippen LogP contribution < -0.4 is 5.32 Å². The summed E-state index contributed by atoms with van der Waals surface area (Å²) < 4.78 is 0. The number of hydrogen-bond acceptors (Lipinski definition) is 2. The lowest BCUT2D eigenvalue weighted by Crippen LogP contribution is -2.37. The number of benzene rings is 1. The Kier molecular flexibility index (Phi) is 3.06. The molecule has 2 unspecified atom stereocenters. The second kappa shape index (κ2) is 4.58. The van der Waals surface area contributed by atoms with Gasteiger partial charge in [0.25, 0.3) is 0 Å². The molecule has 0 aliphatic carbocycles. The molecule has 2 heterocycles. The second-order valence-electron chi connectivity index (χ2n) is 6.09. The number of rotatable bonds is 1. The van der Waals surface area contributed by atoms with Gasteiger partial charge in [-0.25, -0.2) is 0 Å². The van der Waals surface area contributed by atoms with E-state index in [1.54, 1.807) is 0 Å². The molecule has 1 saturated heterocycles. The molecule has 1 fully saturated rings. The zero-order valence-corrected chi connectivity index (χ0v) is 11.8. The number of hydrogen-bond donors (Lipinski definition) is 1. The predicted octanol–water partition coefficient (Wildman–Crippen LogP) is 3.50. The lowest BCUT2D eigenvalue weighted by molar-refractivity contribution is 0.185. The smallest absolute Gasteiger partial charge is 0.0418 e. The van der Waals surface area contributed by atoms with Gasteiger partial charge in [0, 0.05) is 18.3 Å². The minimum Gasteiger partial charge on any atom is -0.384 e. The first-order valence-electron chi connectivity index (χ1n) is 7.26. The second-order valence-corrected chi connectivity index (χ2v) is 6.09. The van der Waals surface area contributed by atoms with E-state index in [1.165, 1.54) is 48.3 Å².